The minimum atomic E-state index is -4.44. The van der Waals surface area contributed by atoms with Crippen LogP contribution in [-0.2, 0) is 6.18 Å². The van der Waals surface area contributed by atoms with E-state index in [9.17, 15) is 18.0 Å². The number of amides is 1. The molecular formula is C18H23ClF3N5O. The Morgan fingerprint density at radius 2 is 2.00 bits per heavy atom. The van der Waals surface area contributed by atoms with Crippen LogP contribution in [0.1, 0.15) is 35.8 Å². The van der Waals surface area contributed by atoms with E-state index in [4.69, 9.17) is 0 Å². The molecule has 2 aromatic rings. The van der Waals surface area contributed by atoms with Crippen LogP contribution in [0.2, 0.25) is 0 Å². The van der Waals surface area contributed by atoms with Crippen LogP contribution in [0.25, 0.3) is 5.69 Å². The number of aromatic nitrogens is 3. The molecule has 1 fully saturated rings. The van der Waals surface area contributed by atoms with Crippen LogP contribution < -0.4 is 5.32 Å². The predicted octanol–water partition coefficient (Wildman–Crippen LogP) is 3.17. The second-order valence-corrected chi connectivity index (χ2v) is 6.64. The molecule has 1 aliphatic rings. The van der Waals surface area contributed by atoms with Gasteiger partial charge in [-0.15, -0.1) is 17.5 Å². The highest BCUT2D eigenvalue weighted by Crippen LogP contribution is 2.30. The molecule has 0 saturated carbocycles. The molecule has 0 spiro atoms. The van der Waals surface area contributed by atoms with E-state index < -0.39 is 11.7 Å². The second-order valence-electron chi connectivity index (χ2n) is 6.64. The van der Waals surface area contributed by atoms with Crippen LogP contribution in [0.3, 0.4) is 0 Å². The zero-order valence-corrected chi connectivity index (χ0v) is 16.3. The maximum Gasteiger partial charge on any atom is 0.416 e. The van der Waals surface area contributed by atoms with Crippen molar-refractivity contribution in [3.8, 4) is 5.69 Å². The van der Waals surface area contributed by atoms with Gasteiger partial charge in [0.05, 0.1) is 17.4 Å². The van der Waals surface area contributed by atoms with E-state index >= 15 is 0 Å². The number of hydrogen-bond acceptors (Lipinski definition) is 4. The molecule has 1 aromatic carbocycles. The largest absolute Gasteiger partial charge is 0.416 e. The van der Waals surface area contributed by atoms with Crippen LogP contribution in [0.5, 0.6) is 0 Å². The number of rotatable bonds is 5. The number of alkyl halides is 3. The normalized spacial score (nSPS) is 15.4. The van der Waals surface area contributed by atoms with Crippen LogP contribution in [-0.4, -0.2) is 52.0 Å². The number of halogens is 4. The first kappa shape index (κ1) is 22.2. The summed E-state index contributed by atoms with van der Waals surface area (Å²) < 4.78 is 39.8. The average Bonchev–Trinajstić information content (AvgIpc) is 3.16. The van der Waals surface area contributed by atoms with E-state index in [-0.39, 0.29) is 29.7 Å². The molecule has 6 nitrogen and oxygen atoms in total. The first-order valence-electron chi connectivity index (χ1n) is 8.98. The van der Waals surface area contributed by atoms with Crippen molar-refractivity contribution in [3.63, 3.8) is 0 Å². The minimum absolute atomic E-state index is 0. The molecule has 1 aliphatic heterocycles. The van der Waals surface area contributed by atoms with Gasteiger partial charge in [-0.25, -0.2) is 4.68 Å². The monoisotopic (exact) mass is 417 g/mol. The fourth-order valence-electron chi connectivity index (χ4n) is 3.16. The van der Waals surface area contributed by atoms with E-state index in [0.717, 1.165) is 38.1 Å². The molecule has 1 saturated heterocycles. The summed E-state index contributed by atoms with van der Waals surface area (Å²) in [5.74, 6) is 0.310. The van der Waals surface area contributed by atoms with Gasteiger partial charge in [0.25, 0.3) is 5.91 Å². The van der Waals surface area contributed by atoms with Gasteiger partial charge in [0.1, 0.15) is 0 Å². The van der Waals surface area contributed by atoms with Crippen molar-refractivity contribution in [2.24, 2.45) is 5.92 Å². The summed E-state index contributed by atoms with van der Waals surface area (Å²) in [7, 11) is 0. The number of likely N-dealkylation sites (tertiary alicyclic amines) is 1. The second kappa shape index (κ2) is 9.38. The molecule has 28 heavy (non-hydrogen) atoms. The van der Waals surface area contributed by atoms with Crippen molar-refractivity contribution in [2.75, 3.05) is 26.2 Å². The molecule has 3 rings (SSSR count). The van der Waals surface area contributed by atoms with Gasteiger partial charge in [0.2, 0.25) is 0 Å². The fraction of sp³-hybridized carbons (Fsp3) is 0.500. The van der Waals surface area contributed by atoms with Gasteiger partial charge in [0.15, 0.2) is 5.69 Å². The summed E-state index contributed by atoms with van der Waals surface area (Å²) >= 11 is 0. The van der Waals surface area contributed by atoms with Crippen molar-refractivity contribution in [3.05, 3.63) is 41.7 Å². The van der Waals surface area contributed by atoms with Crippen LogP contribution in [0.4, 0.5) is 13.2 Å². The molecule has 0 bridgehead atoms. The predicted molar refractivity (Wildman–Crippen MR) is 101 cm³/mol. The van der Waals surface area contributed by atoms with Crippen molar-refractivity contribution < 1.29 is 18.0 Å². The number of hydrogen-bond donors (Lipinski definition) is 1. The summed E-state index contributed by atoms with van der Waals surface area (Å²) in [4.78, 5) is 14.3. The lowest BCUT2D eigenvalue weighted by Gasteiger charge is -2.31. The van der Waals surface area contributed by atoms with Gasteiger partial charge >= 0.3 is 6.18 Å². The SMILES string of the molecule is CCNCC1CCN(C(=O)c2cn(-c3cccc(C(F)(F)F)c3)nn2)CC1.Cl. The Balaban J connectivity index is 0.00000280. The van der Waals surface area contributed by atoms with E-state index in [1.54, 1.807) is 4.90 Å². The number of piperidine rings is 1. The van der Waals surface area contributed by atoms with Gasteiger partial charge in [-0.05, 0) is 50.0 Å². The highest BCUT2D eigenvalue weighted by atomic mass is 35.5. The Bertz CT molecular complexity index is 788. The average molecular weight is 418 g/mol. The minimum Gasteiger partial charge on any atom is -0.337 e. The number of benzene rings is 1. The molecule has 0 radical (unpaired) electrons. The maximum absolute atomic E-state index is 12.9. The van der Waals surface area contributed by atoms with E-state index in [1.807, 2.05) is 0 Å². The number of carbonyl (C=O) groups is 1. The summed E-state index contributed by atoms with van der Waals surface area (Å²) in [5, 5.41) is 11.0. The van der Waals surface area contributed by atoms with Crippen molar-refractivity contribution in [2.45, 2.75) is 25.9 Å². The van der Waals surface area contributed by atoms with Gasteiger partial charge in [-0.1, -0.05) is 18.2 Å². The Hall–Kier alpha value is -2.13. The Labute approximate surface area is 167 Å². The lowest BCUT2D eigenvalue weighted by Crippen LogP contribution is -2.40. The zero-order chi connectivity index (χ0) is 19.4. The smallest absolute Gasteiger partial charge is 0.337 e. The topological polar surface area (TPSA) is 63.1 Å². The number of nitrogens with one attached hydrogen (secondary N) is 1. The molecule has 0 unspecified atom stereocenters. The third kappa shape index (κ3) is 5.23. The lowest BCUT2D eigenvalue weighted by atomic mass is 9.96. The summed E-state index contributed by atoms with van der Waals surface area (Å²) in [5.41, 5.74) is -0.426. The molecular weight excluding hydrogens is 395 g/mol. The van der Waals surface area contributed by atoms with Crippen molar-refractivity contribution in [1.29, 1.82) is 0 Å². The standard InChI is InChI=1S/C18H22F3N5O.ClH/c1-2-22-11-13-6-8-25(9-7-13)17(27)16-12-26(24-23-16)15-5-3-4-14(10-15)18(19,20)21;/h3-5,10,12-13,22H,2,6-9,11H2,1H3;1H. The van der Waals surface area contributed by atoms with Gasteiger partial charge in [0, 0.05) is 13.1 Å². The maximum atomic E-state index is 12.9. The Kier molecular flexibility index (Phi) is 7.42. The number of nitrogens with zero attached hydrogens (tertiary/aromatic N) is 4. The molecule has 0 aliphatic carbocycles. The summed E-state index contributed by atoms with van der Waals surface area (Å²) in [6.45, 7) is 5.23. The summed E-state index contributed by atoms with van der Waals surface area (Å²) in [6, 6.07) is 4.76. The highest BCUT2D eigenvalue weighted by Gasteiger charge is 2.31. The van der Waals surface area contributed by atoms with E-state index in [2.05, 4.69) is 22.6 Å². The van der Waals surface area contributed by atoms with Gasteiger partial charge in [-0.2, -0.15) is 13.2 Å². The molecule has 1 N–H and O–H groups in total. The molecule has 10 heteroatoms. The Morgan fingerprint density at radius 1 is 1.29 bits per heavy atom. The molecule has 154 valence electrons. The highest BCUT2D eigenvalue weighted by molar-refractivity contribution is 5.92. The lowest BCUT2D eigenvalue weighted by molar-refractivity contribution is -0.137. The van der Waals surface area contributed by atoms with Crippen molar-refractivity contribution >= 4 is 18.3 Å². The quantitative estimate of drug-likeness (QED) is 0.811. The van der Waals surface area contributed by atoms with Gasteiger partial charge < -0.3 is 10.2 Å². The van der Waals surface area contributed by atoms with Crippen molar-refractivity contribution in [1.82, 2.24) is 25.2 Å². The van der Waals surface area contributed by atoms with Gasteiger partial charge in [-0.3, -0.25) is 4.79 Å². The first-order valence-corrected chi connectivity index (χ1v) is 8.98. The third-order valence-corrected chi connectivity index (χ3v) is 4.74. The van der Waals surface area contributed by atoms with Crippen LogP contribution >= 0.6 is 12.4 Å². The van der Waals surface area contributed by atoms with Crippen LogP contribution in [0.15, 0.2) is 30.5 Å². The third-order valence-electron chi connectivity index (χ3n) is 4.74. The number of carbonyl (C=O) groups excluding carboxylic acids is 1. The molecule has 1 aromatic heterocycles. The molecule has 0 atom stereocenters. The first-order chi connectivity index (χ1) is 12.9. The molecule has 2 heterocycles. The Morgan fingerprint density at radius 3 is 2.64 bits per heavy atom. The fourth-order valence-corrected chi connectivity index (χ4v) is 3.16. The van der Waals surface area contributed by atoms with E-state index in [1.165, 1.54) is 23.0 Å². The van der Waals surface area contributed by atoms with E-state index in [0.29, 0.717) is 19.0 Å². The van der Waals surface area contributed by atoms with Crippen LogP contribution in [0, 0.1) is 5.92 Å². The summed E-state index contributed by atoms with van der Waals surface area (Å²) in [6.07, 6.45) is -1.23. The molecule has 1 amide bonds. The zero-order valence-electron chi connectivity index (χ0n) is 15.4.